The van der Waals surface area contributed by atoms with E-state index in [9.17, 15) is 0 Å². The van der Waals surface area contributed by atoms with Crippen molar-refractivity contribution in [3.8, 4) is 10.6 Å². The Balaban J connectivity index is 1.96. The van der Waals surface area contributed by atoms with Gasteiger partial charge in [0.1, 0.15) is 11.3 Å². The Labute approximate surface area is 105 Å². The van der Waals surface area contributed by atoms with Crippen molar-refractivity contribution in [2.45, 2.75) is 25.2 Å². The van der Waals surface area contributed by atoms with Crippen LogP contribution in [0.3, 0.4) is 0 Å². The quantitative estimate of drug-likeness (QED) is 0.907. The molecule has 1 aliphatic rings. The van der Waals surface area contributed by atoms with E-state index < -0.39 is 0 Å². The Morgan fingerprint density at radius 2 is 2.53 bits per heavy atom. The molecule has 0 bridgehead atoms. The number of nitrogens with one attached hydrogen (secondary N) is 1. The monoisotopic (exact) mass is 248 g/mol. The molecule has 1 aliphatic carbocycles. The van der Waals surface area contributed by atoms with Crippen LogP contribution in [0, 0.1) is 0 Å². The number of aryl methyl sites for hydroxylation is 1. The SMILES string of the molecule is CNCC1CCCc2sc(-c3ccoc3)nc21. The second-order valence-electron chi connectivity index (χ2n) is 4.49. The second kappa shape index (κ2) is 4.63. The number of hydrogen-bond acceptors (Lipinski definition) is 4. The molecule has 2 aromatic rings. The second-order valence-corrected chi connectivity index (χ2v) is 5.57. The van der Waals surface area contributed by atoms with Crippen molar-refractivity contribution in [1.82, 2.24) is 10.3 Å². The summed E-state index contributed by atoms with van der Waals surface area (Å²) in [6.45, 7) is 1.03. The van der Waals surface area contributed by atoms with E-state index in [0.717, 1.165) is 17.1 Å². The number of thiazole rings is 1. The largest absolute Gasteiger partial charge is 0.472 e. The van der Waals surface area contributed by atoms with E-state index in [-0.39, 0.29) is 0 Å². The van der Waals surface area contributed by atoms with Crippen LogP contribution in [0.25, 0.3) is 10.6 Å². The maximum Gasteiger partial charge on any atom is 0.127 e. The van der Waals surface area contributed by atoms with E-state index in [4.69, 9.17) is 9.40 Å². The first-order chi connectivity index (χ1) is 8.38. The number of fused-ring (bicyclic) bond motifs is 1. The highest BCUT2D eigenvalue weighted by atomic mass is 32.1. The zero-order valence-corrected chi connectivity index (χ0v) is 10.7. The Hall–Kier alpha value is -1.13. The molecule has 3 rings (SSSR count). The van der Waals surface area contributed by atoms with Gasteiger partial charge in [-0.05, 0) is 32.4 Å². The molecule has 1 unspecified atom stereocenters. The van der Waals surface area contributed by atoms with Crippen LogP contribution in [0.15, 0.2) is 23.0 Å². The lowest BCUT2D eigenvalue weighted by molar-refractivity contribution is 0.523. The minimum Gasteiger partial charge on any atom is -0.472 e. The lowest BCUT2D eigenvalue weighted by atomic mass is 9.91. The van der Waals surface area contributed by atoms with Gasteiger partial charge >= 0.3 is 0 Å². The Kier molecular flexibility index (Phi) is 2.99. The smallest absolute Gasteiger partial charge is 0.127 e. The third kappa shape index (κ3) is 2.03. The molecule has 17 heavy (non-hydrogen) atoms. The maximum atomic E-state index is 5.13. The van der Waals surface area contributed by atoms with Crippen LogP contribution in [0.4, 0.5) is 0 Å². The summed E-state index contributed by atoms with van der Waals surface area (Å²) < 4.78 is 5.13. The average molecular weight is 248 g/mol. The van der Waals surface area contributed by atoms with E-state index in [1.54, 1.807) is 12.5 Å². The van der Waals surface area contributed by atoms with E-state index >= 15 is 0 Å². The Morgan fingerprint density at radius 1 is 1.59 bits per heavy atom. The lowest BCUT2D eigenvalue weighted by Crippen LogP contribution is -2.20. The summed E-state index contributed by atoms with van der Waals surface area (Å²) in [5, 5.41) is 4.37. The number of likely N-dealkylation sites (N-methyl/N-ethyl adjacent to an activating group) is 1. The summed E-state index contributed by atoms with van der Waals surface area (Å²) in [7, 11) is 2.01. The Bertz CT molecular complexity index is 489. The van der Waals surface area contributed by atoms with Crippen molar-refractivity contribution in [3.05, 3.63) is 29.2 Å². The van der Waals surface area contributed by atoms with Gasteiger partial charge in [-0.25, -0.2) is 4.98 Å². The van der Waals surface area contributed by atoms with Gasteiger partial charge in [0.25, 0.3) is 0 Å². The van der Waals surface area contributed by atoms with Gasteiger partial charge in [-0.1, -0.05) is 0 Å². The maximum absolute atomic E-state index is 5.13. The van der Waals surface area contributed by atoms with Gasteiger partial charge in [-0.3, -0.25) is 0 Å². The minimum atomic E-state index is 0.584. The van der Waals surface area contributed by atoms with Crippen molar-refractivity contribution in [1.29, 1.82) is 0 Å². The fourth-order valence-corrected chi connectivity index (χ4v) is 3.64. The standard InChI is InChI=1S/C13H16N2OS/c1-14-7-9-3-2-4-11-12(9)15-13(17-11)10-5-6-16-8-10/h5-6,8-9,14H,2-4,7H2,1H3. The van der Waals surface area contributed by atoms with Crippen LogP contribution in [0.5, 0.6) is 0 Å². The highest BCUT2D eigenvalue weighted by Gasteiger charge is 2.24. The highest BCUT2D eigenvalue weighted by Crippen LogP contribution is 2.37. The molecule has 1 atom stereocenters. The molecule has 2 heterocycles. The molecule has 0 aliphatic heterocycles. The molecule has 0 amide bonds. The van der Waals surface area contributed by atoms with E-state index in [2.05, 4.69) is 5.32 Å². The number of hydrogen-bond donors (Lipinski definition) is 1. The van der Waals surface area contributed by atoms with Crippen LogP contribution in [0.1, 0.15) is 29.3 Å². The van der Waals surface area contributed by atoms with Crippen molar-refractivity contribution in [2.24, 2.45) is 0 Å². The van der Waals surface area contributed by atoms with Crippen molar-refractivity contribution in [3.63, 3.8) is 0 Å². The van der Waals surface area contributed by atoms with Gasteiger partial charge in [0, 0.05) is 22.9 Å². The lowest BCUT2D eigenvalue weighted by Gasteiger charge is -2.20. The molecule has 0 saturated heterocycles. The molecular formula is C13H16N2OS. The molecule has 0 spiro atoms. The van der Waals surface area contributed by atoms with E-state index in [1.165, 1.54) is 29.8 Å². The first kappa shape index (κ1) is 11.0. The van der Waals surface area contributed by atoms with E-state index in [1.807, 2.05) is 24.5 Å². The summed E-state index contributed by atoms with van der Waals surface area (Å²) in [5.41, 5.74) is 2.42. The summed E-state index contributed by atoms with van der Waals surface area (Å²) in [4.78, 5) is 6.28. The Morgan fingerprint density at radius 3 is 3.29 bits per heavy atom. The highest BCUT2D eigenvalue weighted by molar-refractivity contribution is 7.15. The zero-order chi connectivity index (χ0) is 11.7. The van der Waals surface area contributed by atoms with Crippen LogP contribution in [-0.2, 0) is 6.42 Å². The fraction of sp³-hybridized carbons (Fsp3) is 0.462. The third-order valence-electron chi connectivity index (χ3n) is 3.29. The number of aromatic nitrogens is 1. The summed E-state index contributed by atoms with van der Waals surface area (Å²) in [6.07, 6.45) is 7.21. The van der Waals surface area contributed by atoms with Gasteiger partial charge in [0.15, 0.2) is 0 Å². The van der Waals surface area contributed by atoms with Gasteiger partial charge < -0.3 is 9.73 Å². The summed E-state index contributed by atoms with van der Waals surface area (Å²) >= 11 is 1.82. The molecule has 0 aromatic carbocycles. The molecule has 1 N–H and O–H groups in total. The predicted molar refractivity (Wildman–Crippen MR) is 69.4 cm³/mol. The molecular weight excluding hydrogens is 232 g/mol. The molecule has 2 aromatic heterocycles. The van der Waals surface area contributed by atoms with Crippen molar-refractivity contribution < 1.29 is 4.42 Å². The van der Waals surface area contributed by atoms with Crippen LogP contribution >= 0.6 is 11.3 Å². The average Bonchev–Trinajstić information content (AvgIpc) is 2.98. The van der Waals surface area contributed by atoms with Gasteiger partial charge in [-0.15, -0.1) is 11.3 Å². The summed E-state index contributed by atoms with van der Waals surface area (Å²) in [5.74, 6) is 0.584. The number of rotatable bonds is 3. The normalized spacial score (nSPS) is 19.2. The van der Waals surface area contributed by atoms with Crippen LogP contribution in [-0.4, -0.2) is 18.6 Å². The summed E-state index contributed by atoms with van der Waals surface area (Å²) in [6, 6.07) is 1.98. The van der Waals surface area contributed by atoms with Gasteiger partial charge in [-0.2, -0.15) is 0 Å². The molecule has 0 saturated carbocycles. The molecule has 3 nitrogen and oxygen atoms in total. The number of nitrogens with zero attached hydrogens (tertiary/aromatic N) is 1. The molecule has 90 valence electrons. The van der Waals surface area contributed by atoms with Crippen LogP contribution in [0.2, 0.25) is 0 Å². The van der Waals surface area contributed by atoms with Gasteiger partial charge in [0.05, 0.1) is 12.0 Å². The van der Waals surface area contributed by atoms with Crippen LogP contribution < -0.4 is 5.32 Å². The predicted octanol–water partition coefficient (Wildman–Crippen LogP) is 3.04. The van der Waals surface area contributed by atoms with Crippen molar-refractivity contribution >= 4 is 11.3 Å². The first-order valence-electron chi connectivity index (χ1n) is 6.05. The topological polar surface area (TPSA) is 38.1 Å². The molecule has 0 fully saturated rings. The number of furan rings is 1. The van der Waals surface area contributed by atoms with Crippen molar-refractivity contribution in [2.75, 3.05) is 13.6 Å². The zero-order valence-electron chi connectivity index (χ0n) is 9.90. The first-order valence-corrected chi connectivity index (χ1v) is 6.87. The minimum absolute atomic E-state index is 0.584. The molecule has 0 radical (unpaired) electrons. The fourth-order valence-electron chi connectivity index (χ4n) is 2.46. The third-order valence-corrected chi connectivity index (χ3v) is 4.47. The van der Waals surface area contributed by atoms with E-state index in [0.29, 0.717) is 5.92 Å². The molecule has 4 heteroatoms. The van der Waals surface area contributed by atoms with Gasteiger partial charge in [0.2, 0.25) is 0 Å².